The second kappa shape index (κ2) is 14.7. The number of rotatable bonds is 7. The van der Waals surface area contributed by atoms with Gasteiger partial charge in [-0.2, -0.15) is 0 Å². The first kappa shape index (κ1) is 38.0. The highest BCUT2D eigenvalue weighted by atomic mass is 15.1. The van der Waals surface area contributed by atoms with Crippen LogP contribution in [0.2, 0.25) is 0 Å². The van der Waals surface area contributed by atoms with Crippen LogP contribution in [0.15, 0.2) is 231 Å². The van der Waals surface area contributed by atoms with E-state index in [4.69, 9.17) is 0 Å². The minimum Gasteiger partial charge on any atom is -0.310 e. The first-order valence-corrected chi connectivity index (χ1v) is 22.5. The van der Waals surface area contributed by atoms with Crippen LogP contribution in [0.25, 0.3) is 55.3 Å². The Bertz CT molecular complexity index is 3390. The SMILES string of the molecule is Cc1ccccc1-c1cc(-c2ccc3ccccc3c2)ccc1N(c1ccc2c(c1)C(C)(C)c1ccccc1-2)c1ccc2c(c1)C(c1ccccc1)(c1ccccc1)c1ccccc1-2. The Morgan fingerprint density at radius 3 is 1.52 bits per heavy atom. The van der Waals surface area contributed by atoms with Crippen LogP contribution in [-0.4, -0.2) is 0 Å². The molecule has 2 aliphatic carbocycles. The van der Waals surface area contributed by atoms with E-state index in [2.05, 4.69) is 256 Å². The van der Waals surface area contributed by atoms with Crippen molar-refractivity contribution >= 4 is 27.8 Å². The molecule has 10 aromatic carbocycles. The topological polar surface area (TPSA) is 3.24 Å². The third kappa shape index (κ3) is 5.70. The molecule has 0 spiro atoms. The van der Waals surface area contributed by atoms with Gasteiger partial charge in [-0.3, -0.25) is 0 Å². The van der Waals surface area contributed by atoms with Crippen molar-refractivity contribution in [3.05, 3.63) is 269 Å². The van der Waals surface area contributed by atoms with Gasteiger partial charge in [0.15, 0.2) is 0 Å². The van der Waals surface area contributed by atoms with E-state index in [1.54, 1.807) is 0 Å². The number of benzene rings is 10. The lowest BCUT2D eigenvalue weighted by Crippen LogP contribution is -2.28. The fourth-order valence-corrected chi connectivity index (χ4v) is 11.2. The largest absolute Gasteiger partial charge is 0.310 e. The number of nitrogens with zero attached hydrogens (tertiary/aromatic N) is 1. The first-order chi connectivity index (χ1) is 31.4. The zero-order valence-corrected chi connectivity index (χ0v) is 36.4. The van der Waals surface area contributed by atoms with Crippen LogP contribution in [0.4, 0.5) is 17.1 Å². The van der Waals surface area contributed by atoms with Gasteiger partial charge >= 0.3 is 0 Å². The number of hydrogen-bond acceptors (Lipinski definition) is 1. The molecule has 0 bridgehead atoms. The van der Waals surface area contributed by atoms with Gasteiger partial charge in [-0.25, -0.2) is 0 Å². The van der Waals surface area contributed by atoms with Crippen molar-refractivity contribution in [2.75, 3.05) is 4.90 Å². The molecule has 1 heteroatoms. The van der Waals surface area contributed by atoms with Gasteiger partial charge in [0.05, 0.1) is 11.1 Å². The van der Waals surface area contributed by atoms with Crippen molar-refractivity contribution in [1.82, 2.24) is 0 Å². The summed E-state index contributed by atoms with van der Waals surface area (Å²) in [6.45, 7) is 7.00. The number of aryl methyl sites for hydroxylation is 1. The van der Waals surface area contributed by atoms with Gasteiger partial charge in [0, 0.05) is 22.4 Å². The third-order valence-electron chi connectivity index (χ3n) is 14.3. The lowest BCUT2D eigenvalue weighted by Gasteiger charge is -2.35. The molecule has 0 aromatic heterocycles. The Morgan fingerprint density at radius 2 is 0.828 bits per heavy atom. The van der Waals surface area contributed by atoms with Crippen LogP contribution in [-0.2, 0) is 10.8 Å². The summed E-state index contributed by atoms with van der Waals surface area (Å²) >= 11 is 0. The molecule has 0 N–H and O–H groups in total. The van der Waals surface area contributed by atoms with Gasteiger partial charge in [0.25, 0.3) is 0 Å². The molecule has 0 aliphatic heterocycles. The highest BCUT2D eigenvalue weighted by Crippen LogP contribution is 2.58. The lowest BCUT2D eigenvalue weighted by atomic mass is 9.67. The second-order valence-corrected chi connectivity index (χ2v) is 18.1. The summed E-state index contributed by atoms with van der Waals surface area (Å²) in [6, 6.07) is 86.1. The van der Waals surface area contributed by atoms with Gasteiger partial charge in [-0.15, -0.1) is 0 Å². The number of anilines is 3. The molecule has 2 aliphatic rings. The van der Waals surface area contributed by atoms with Crippen LogP contribution in [0, 0.1) is 6.92 Å². The smallest absolute Gasteiger partial charge is 0.0714 e. The van der Waals surface area contributed by atoms with Crippen LogP contribution < -0.4 is 4.90 Å². The highest BCUT2D eigenvalue weighted by Gasteiger charge is 2.46. The fourth-order valence-electron chi connectivity index (χ4n) is 11.2. The lowest BCUT2D eigenvalue weighted by molar-refractivity contribution is 0.660. The van der Waals surface area contributed by atoms with E-state index in [1.165, 1.54) is 94.2 Å². The molecule has 64 heavy (non-hydrogen) atoms. The summed E-state index contributed by atoms with van der Waals surface area (Å²) in [5, 5.41) is 2.49. The van der Waals surface area contributed by atoms with Gasteiger partial charge in [-0.1, -0.05) is 202 Å². The minimum atomic E-state index is -0.531. The Balaban J connectivity index is 1.14. The summed E-state index contributed by atoms with van der Waals surface area (Å²) < 4.78 is 0. The zero-order valence-electron chi connectivity index (χ0n) is 36.4. The molecule has 0 amide bonds. The van der Waals surface area contributed by atoms with Crippen LogP contribution in [0.5, 0.6) is 0 Å². The molecule has 0 fully saturated rings. The van der Waals surface area contributed by atoms with Crippen LogP contribution >= 0.6 is 0 Å². The maximum atomic E-state index is 2.54. The van der Waals surface area contributed by atoms with E-state index in [9.17, 15) is 0 Å². The molecule has 0 unspecified atom stereocenters. The molecule has 10 aromatic rings. The summed E-state index contributed by atoms with van der Waals surface area (Å²) in [5.74, 6) is 0. The van der Waals surface area contributed by atoms with Gasteiger partial charge in [-0.05, 0) is 138 Å². The second-order valence-electron chi connectivity index (χ2n) is 18.1. The maximum absolute atomic E-state index is 2.54. The quantitative estimate of drug-likeness (QED) is 0.155. The Kier molecular flexibility index (Phi) is 8.71. The van der Waals surface area contributed by atoms with E-state index < -0.39 is 5.41 Å². The monoisotopic (exact) mass is 817 g/mol. The average Bonchev–Trinajstić information content (AvgIpc) is 3.77. The third-order valence-corrected chi connectivity index (χ3v) is 14.3. The molecule has 1 nitrogen and oxygen atoms in total. The van der Waals surface area contributed by atoms with Crippen molar-refractivity contribution in [3.8, 4) is 44.5 Å². The molecule has 0 atom stereocenters. The molecule has 0 saturated heterocycles. The minimum absolute atomic E-state index is 0.165. The van der Waals surface area contributed by atoms with Crippen molar-refractivity contribution in [2.45, 2.75) is 31.6 Å². The molecule has 0 heterocycles. The number of hydrogen-bond donors (Lipinski definition) is 0. The zero-order chi connectivity index (χ0) is 43.0. The molecule has 304 valence electrons. The molecule has 0 radical (unpaired) electrons. The van der Waals surface area contributed by atoms with Crippen LogP contribution in [0.3, 0.4) is 0 Å². The Labute approximate surface area is 376 Å². The van der Waals surface area contributed by atoms with Crippen molar-refractivity contribution < 1.29 is 0 Å². The highest BCUT2D eigenvalue weighted by molar-refractivity contribution is 5.96. The van der Waals surface area contributed by atoms with Crippen LogP contribution in [0.1, 0.15) is 52.8 Å². The molecule has 0 saturated carbocycles. The summed E-state index contributed by atoms with van der Waals surface area (Å²) in [7, 11) is 0. The Morgan fingerprint density at radius 1 is 0.328 bits per heavy atom. The molecular formula is C63H47N. The number of fused-ring (bicyclic) bond motifs is 7. The van der Waals surface area contributed by atoms with Gasteiger partial charge in [0.2, 0.25) is 0 Å². The predicted octanol–water partition coefficient (Wildman–Crippen LogP) is 16.6. The van der Waals surface area contributed by atoms with Crippen molar-refractivity contribution in [3.63, 3.8) is 0 Å². The standard InChI is InChI=1S/C63H47N/c1-42-18-10-13-25-51(42)56-39-46(45-31-30-43-19-11-12-20-44(43)38-45)32-37-61(56)64(49-33-35-54-52-26-14-16-28-57(52)62(2,3)59(54)40-49)50-34-36-55-53-27-15-17-29-58(53)63(60(55)41-50,47-21-6-4-7-22-47)48-23-8-5-9-24-48/h4-41H,1-3H3. The van der Waals surface area contributed by atoms with Crippen molar-refractivity contribution in [2.24, 2.45) is 0 Å². The molecule has 12 rings (SSSR count). The Hall–Kier alpha value is -7.74. The molecular weight excluding hydrogens is 771 g/mol. The average molecular weight is 818 g/mol. The summed E-state index contributed by atoms with van der Waals surface area (Å²) in [4.78, 5) is 2.54. The first-order valence-electron chi connectivity index (χ1n) is 22.5. The summed E-state index contributed by atoms with van der Waals surface area (Å²) in [5.41, 5.74) is 21.7. The predicted molar refractivity (Wildman–Crippen MR) is 269 cm³/mol. The normalized spacial score (nSPS) is 13.8. The van der Waals surface area contributed by atoms with E-state index in [-0.39, 0.29) is 5.41 Å². The maximum Gasteiger partial charge on any atom is 0.0714 e. The van der Waals surface area contributed by atoms with E-state index >= 15 is 0 Å². The fraction of sp³-hybridized carbons (Fsp3) is 0.0794. The van der Waals surface area contributed by atoms with Crippen molar-refractivity contribution in [1.29, 1.82) is 0 Å². The van der Waals surface area contributed by atoms with E-state index in [0.29, 0.717) is 0 Å². The van der Waals surface area contributed by atoms with E-state index in [0.717, 1.165) is 17.1 Å². The van der Waals surface area contributed by atoms with Gasteiger partial charge in [0.1, 0.15) is 0 Å². The van der Waals surface area contributed by atoms with E-state index in [1.807, 2.05) is 0 Å². The summed E-state index contributed by atoms with van der Waals surface area (Å²) in [6.07, 6.45) is 0. The van der Waals surface area contributed by atoms with Gasteiger partial charge < -0.3 is 4.90 Å².